The van der Waals surface area contributed by atoms with Crippen LogP contribution >= 0.6 is 0 Å². The maximum atomic E-state index is 12.5. The molecule has 0 saturated heterocycles. The van der Waals surface area contributed by atoms with Crippen molar-refractivity contribution in [2.75, 3.05) is 5.32 Å². The number of fused-ring (bicyclic) bond motifs is 2. The third-order valence-electron chi connectivity index (χ3n) is 5.36. The first-order valence-corrected chi connectivity index (χ1v) is 9.10. The van der Waals surface area contributed by atoms with Crippen LogP contribution in [0.5, 0.6) is 0 Å². The molecule has 24 heavy (non-hydrogen) atoms. The second kappa shape index (κ2) is 5.97. The summed E-state index contributed by atoms with van der Waals surface area (Å²) in [6.07, 6.45) is 8.89. The predicted molar refractivity (Wildman–Crippen MR) is 99.1 cm³/mol. The van der Waals surface area contributed by atoms with Gasteiger partial charge in [-0.05, 0) is 73.4 Å². The van der Waals surface area contributed by atoms with E-state index in [1.165, 1.54) is 41.6 Å². The van der Waals surface area contributed by atoms with Crippen LogP contribution in [-0.2, 0) is 30.5 Å². The number of hydrogen-bond donors (Lipinski definition) is 2. The first-order chi connectivity index (χ1) is 11.7. The van der Waals surface area contributed by atoms with Crippen molar-refractivity contribution < 1.29 is 4.79 Å². The molecule has 1 aliphatic heterocycles. The number of carbonyl (C=O) groups is 1. The Morgan fingerprint density at radius 2 is 1.96 bits per heavy atom. The number of amides is 1. The van der Waals surface area contributed by atoms with Crippen LogP contribution in [0.25, 0.3) is 11.6 Å². The molecule has 1 aromatic heterocycles. The Hall–Kier alpha value is -2.29. The number of nitrogens with one attached hydrogen (secondary N) is 2. The number of aryl methyl sites for hydroxylation is 2. The van der Waals surface area contributed by atoms with E-state index in [-0.39, 0.29) is 5.91 Å². The Labute approximate surface area is 143 Å². The summed E-state index contributed by atoms with van der Waals surface area (Å²) in [5.74, 6) is 0.00729. The van der Waals surface area contributed by atoms with Crippen molar-refractivity contribution in [2.24, 2.45) is 0 Å². The van der Waals surface area contributed by atoms with Gasteiger partial charge in [0.25, 0.3) is 5.91 Å². The van der Waals surface area contributed by atoms with E-state index in [0.29, 0.717) is 0 Å². The van der Waals surface area contributed by atoms with E-state index in [4.69, 9.17) is 0 Å². The summed E-state index contributed by atoms with van der Waals surface area (Å²) in [5.41, 5.74) is 9.41. The van der Waals surface area contributed by atoms with Crippen molar-refractivity contribution in [2.45, 2.75) is 52.4 Å². The molecule has 2 aromatic rings. The number of anilines is 1. The highest BCUT2D eigenvalue weighted by molar-refractivity contribution is 6.34. The summed E-state index contributed by atoms with van der Waals surface area (Å²) in [6.45, 7) is 4.35. The Bertz CT molecular complexity index is 842. The van der Waals surface area contributed by atoms with Gasteiger partial charge < -0.3 is 10.3 Å². The zero-order valence-corrected chi connectivity index (χ0v) is 14.5. The molecular weight excluding hydrogens is 296 g/mol. The number of aromatic amines is 1. The second-order valence-electron chi connectivity index (χ2n) is 6.78. The van der Waals surface area contributed by atoms with Gasteiger partial charge in [-0.3, -0.25) is 4.79 Å². The van der Waals surface area contributed by atoms with Gasteiger partial charge in [0.1, 0.15) is 0 Å². The summed E-state index contributed by atoms with van der Waals surface area (Å²) in [7, 11) is 0. The molecule has 4 rings (SSSR count). The molecule has 1 aromatic carbocycles. The van der Waals surface area contributed by atoms with Gasteiger partial charge in [0.05, 0.1) is 5.57 Å². The van der Waals surface area contributed by atoms with Gasteiger partial charge in [-0.1, -0.05) is 19.9 Å². The molecule has 0 unspecified atom stereocenters. The largest absolute Gasteiger partial charge is 0.358 e. The molecule has 1 aliphatic carbocycles. The summed E-state index contributed by atoms with van der Waals surface area (Å²) >= 11 is 0. The maximum Gasteiger partial charge on any atom is 0.256 e. The van der Waals surface area contributed by atoms with Gasteiger partial charge in [0.15, 0.2) is 0 Å². The van der Waals surface area contributed by atoms with E-state index in [9.17, 15) is 4.79 Å². The molecular formula is C21H24N2O. The van der Waals surface area contributed by atoms with Crippen LogP contribution < -0.4 is 5.32 Å². The van der Waals surface area contributed by atoms with E-state index in [1.807, 2.05) is 6.07 Å². The zero-order valence-electron chi connectivity index (χ0n) is 14.5. The van der Waals surface area contributed by atoms with Gasteiger partial charge in [-0.2, -0.15) is 0 Å². The van der Waals surface area contributed by atoms with E-state index in [1.54, 1.807) is 0 Å². The highest BCUT2D eigenvalue weighted by Crippen LogP contribution is 2.36. The number of benzene rings is 1. The molecule has 0 atom stereocenters. The van der Waals surface area contributed by atoms with Crippen LogP contribution in [-0.4, -0.2) is 10.9 Å². The molecule has 3 nitrogen and oxygen atoms in total. The van der Waals surface area contributed by atoms with Crippen LogP contribution in [0, 0.1) is 0 Å². The average molecular weight is 320 g/mol. The minimum atomic E-state index is 0.00729. The average Bonchev–Trinajstić information content (AvgIpc) is 3.11. The fourth-order valence-electron chi connectivity index (χ4n) is 4.05. The van der Waals surface area contributed by atoms with Crippen molar-refractivity contribution in [3.8, 4) is 0 Å². The van der Waals surface area contributed by atoms with Crippen LogP contribution in [0.2, 0.25) is 0 Å². The summed E-state index contributed by atoms with van der Waals surface area (Å²) in [5, 5.41) is 3.00. The lowest BCUT2D eigenvalue weighted by Gasteiger charge is -2.11. The Morgan fingerprint density at radius 3 is 2.75 bits per heavy atom. The van der Waals surface area contributed by atoms with Gasteiger partial charge in [-0.15, -0.1) is 0 Å². The molecule has 2 N–H and O–H groups in total. The molecule has 0 spiro atoms. The van der Waals surface area contributed by atoms with Crippen molar-refractivity contribution in [1.29, 1.82) is 0 Å². The van der Waals surface area contributed by atoms with Crippen molar-refractivity contribution in [3.05, 3.63) is 51.8 Å². The summed E-state index contributed by atoms with van der Waals surface area (Å²) < 4.78 is 0. The van der Waals surface area contributed by atoms with Crippen LogP contribution in [0.1, 0.15) is 60.3 Å². The summed E-state index contributed by atoms with van der Waals surface area (Å²) in [4.78, 5) is 16.1. The predicted octanol–water partition coefficient (Wildman–Crippen LogP) is 4.51. The molecule has 0 bridgehead atoms. The fraction of sp³-hybridized carbons (Fsp3) is 0.381. The van der Waals surface area contributed by atoms with Crippen molar-refractivity contribution in [3.63, 3.8) is 0 Å². The second-order valence-corrected chi connectivity index (χ2v) is 6.78. The Morgan fingerprint density at radius 1 is 1.12 bits per heavy atom. The molecule has 124 valence electrons. The lowest BCUT2D eigenvalue weighted by Crippen LogP contribution is -2.03. The van der Waals surface area contributed by atoms with Crippen molar-refractivity contribution in [1.82, 2.24) is 4.98 Å². The van der Waals surface area contributed by atoms with E-state index in [2.05, 4.69) is 42.4 Å². The lowest BCUT2D eigenvalue weighted by atomic mass is 9.93. The smallest absolute Gasteiger partial charge is 0.256 e. The Balaban J connectivity index is 1.82. The van der Waals surface area contributed by atoms with Crippen molar-refractivity contribution >= 4 is 23.2 Å². The molecule has 3 heteroatoms. The SMILES string of the molecule is CCc1ccc2c(c1)C(=Cc1[nH]c3c(c1CC)CCCC3)C(=O)N2. The van der Waals surface area contributed by atoms with Crippen LogP contribution in [0.4, 0.5) is 5.69 Å². The first kappa shape index (κ1) is 15.3. The lowest BCUT2D eigenvalue weighted by molar-refractivity contribution is -0.110. The third-order valence-corrected chi connectivity index (χ3v) is 5.36. The number of rotatable bonds is 3. The van der Waals surface area contributed by atoms with Gasteiger partial charge >= 0.3 is 0 Å². The molecule has 0 saturated carbocycles. The zero-order chi connectivity index (χ0) is 16.7. The first-order valence-electron chi connectivity index (χ1n) is 9.10. The molecule has 2 aliphatic rings. The third kappa shape index (κ3) is 2.39. The standard InChI is InChI=1S/C21H24N2O/c1-3-13-9-10-19-16(11-13)17(21(24)23-19)12-20-14(4-2)15-7-5-6-8-18(15)22-20/h9-12,22H,3-8H2,1-2H3,(H,23,24). The minimum absolute atomic E-state index is 0.00729. The summed E-state index contributed by atoms with van der Waals surface area (Å²) in [6, 6.07) is 6.26. The molecule has 0 fully saturated rings. The van der Waals surface area contributed by atoms with Crippen LogP contribution in [0.3, 0.4) is 0 Å². The maximum absolute atomic E-state index is 12.5. The topological polar surface area (TPSA) is 44.9 Å². The molecule has 0 radical (unpaired) electrons. The number of aromatic nitrogens is 1. The Kier molecular flexibility index (Phi) is 3.79. The molecule has 1 amide bonds. The normalized spacial score (nSPS) is 17.8. The quantitative estimate of drug-likeness (QED) is 0.803. The number of carbonyl (C=O) groups excluding carboxylic acids is 1. The van der Waals surface area contributed by atoms with Gasteiger partial charge in [0, 0.05) is 22.6 Å². The van der Waals surface area contributed by atoms with E-state index >= 15 is 0 Å². The number of hydrogen-bond acceptors (Lipinski definition) is 1. The van der Waals surface area contributed by atoms with Crippen LogP contribution in [0.15, 0.2) is 18.2 Å². The highest BCUT2D eigenvalue weighted by Gasteiger charge is 2.26. The fourth-order valence-corrected chi connectivity index (χ4v) is 4.05. The molecule has 2 heterocycles. The highest BCUT2D eigenvalue weighted by atomic mass is 16.2. The minimum Gasteiger partial charge on any atom is -0.358 e. The van der Waals surface area contributed by atoms with Gasteiger partial charge in [-0.25, -0.2) is 0 Å². The van der Waals surface area contributed by atoms with E-state index < -0.39 is 0 Å². The van der Waals surface area contributed by atoms with E-state index in [0.717, 1.165) is 41.8 Å². The monoisotopic (exact) mass is 320 g/mol. The van der Waals surface area contributed by atoms with Gasteiger partial charge in [0.2, 0.25) is 0 Å². The number of H-pyrrole nitrogens is 1.